The van der Waals surface area contributed by atoms with Gasteiger partial charge in [0.2, 0.25) is 0 Å². The third kappa shape index (κ3) is 6.16. The number of para-hydroxylation sites is 2. The molecule has 0 saturated carbocycles. The summed E-state index contributed by atoms with van der Waals surface area (Å²) in [6, 6.07) is 66.6. The van der Waals surface area contributed by atoms with Gasteiger partial charge in [-0.3, -0.25) is 5.32 Å². The van der Waals surface area contributed by atoms with Crippen LogP contribution in [0.15, 0.2) is 199 Å². The van der Waals surface area contributed by atoms with Crippen LogP contribution in [-0.2, 0) is 0 Å². The van der Waals surface area contributed by atoms with Gasteiger partial charge in [0.05, 0.1) is 12.2 Å². The van der Waals surface area contributed by atoms with E-state index < -0.39 is 0 Å². The summed E-state index contributed by atoms with van der Waals surface area (Å²) < 4.78 is 6.35. The van der Waals surface area contributed by atoms with E-state index in [1.54, 1.807) is 0 Å². The number of furan rings is 1. The molecule has 0 fully saturated rings. The lowest BCUT2D eigenvalue weighted by atomic mass is 9.93. The van der Waals surface area contributed by atoms with Gasteiger partial charge >= 0.3 is 0 Å². The molecule has 0 bridgehead atoms. The van der Waals surface area contributed by atoms with E-state index in [-0.39, 0.29) is 12.2 Å². The number of nitrogens with one attached hydrogen (secondary N) is 1. The second-order valence-corrected chi connectivity index (χ2v) is 14.3. The minimum Gasteiger partial charge on any atom is -0.455 e. The summed E-state index contributed by atoms with van der Waals surface area (Å²) in [7, 11) is 0. The first kappa shape index (κ1) is 32.8. The van der Waals surface area contributed by atoms with Gasteiger partial charge < -0.3 is 10.2 Å². The van der Waals surface area contributed by atoms with E-state index in [2.05, 4.69) is 175 Å². The van der Waals surface area contributed by atoms with Gasteiger partial charge in [-0.25, -0.2) is 0 Å². The second-order valence-electron chi connectivity index (χ2n) is 14.3. The standard InChI is InChI=1S/C52H38N2O/c53-52(38-10-2-1-3-11-38)54-49(37-27-25-36(26-28-37)43-16-9-18-47-46-14-6-7-19-50(46)55-51(43)47)31-22-34-20-23-35(24-21-34)42-15-8-17-44-45(42)30-29-41-32-39-12-4-5-13-40(39)33-48(41)44/h1-33,49,52,54H,53H2/b31-22+. The molecule has 3 heteroatoms. The first-order valence-electron chi connectivity index (χ1n) is 18.9. The summed E-state index contributed by atoms with van der Waals surface area (Å²) in [6.45, 7) is 0. The Bertz CT molecular complexity index is 3010. The van der Waals surface area contributed by atoms with Crippen molar-refractivity contribution >= 4 is 60.3 Å². The minimum absolute atomic E-state index is 0.131. The molecule has 3 N–H and O–H groups in total. The molecule has 0 radical (unpaired) electrons. The molecule has 1 aromatic heterocycles. The van der Waals surface area contributed by atoms with Crippen LogP contribution < -0.4 is 11.1 Å². The van der Waals surface area contributed by atoms with Crippen molar-refractivity contribution in [2.45, 2.75) is 12.2 Å². The molecule has 262 valence electrons. The Labute approximate surface area is 320 Å². The number of nitrogens with two attached hydrogens (primary N) is 1. The fourth-order valence-corrected chi connectivity index (χ4v) is 8.07. The van der Waals surface area contributed by atoms with Gasteiger partial charge in [0.1, 0.15) is 11.2 Å². The predicted molar refractivity (Wildman–Crippen MR) is 232 cm³/mol. The van der Waals surface area contributed by atoms with Crippen molar-refractivity contribution in [3.8, 4) is 22.3 Å². The van der Waals surface area contributed by atoms with Crippen LogP contribution in [0.2, 0.25) is 0 Å². The van der Waals surface area contributed by atoms with E-state index in [1.165, 1.54) is 43.4 Å². The quantitative estimate of drug-likeness (QED) is 0.0939. The summed E-state index contributed by atoms with van der Waals surface area (Å²) in [5, 5.41) is 13.5. The largest absolute Gasteiger partial charge is 0.455 e. The fourth-order valence-electron chi connectivity index (χ4n) is 8.07. The number of benzene rings is 9. The van der Waals surface area contributed by atoms with Crippen LogP contribution in [0.4, 0.5) is 0 Å². The molecule has 1 heterocycles. The molecule has 0 aliphatic heterocycles. The zero-order valence-corrected chi connectivity index (χ0v) is 30.2. The highest BCUT2D eigenvalue weighted by molar-refractivity contribution is 6.15. The van der Waals surface area contributed by atoms with E-state index in [4.69, 9.17) is 10.2 Å². The summed E-state index contributed by atoms with van der Waals surface area (Å²) >= 11 is 0. The van der Waals surface area contributed by atoms with Gasteiger partial charge in [0.25, 0.3) is 0 Å². The molecule has 2 atom stereocenters. The molecule has 0 aliphatic rings. The van der Waals surface area contributed by atoms with Crippen molar-refractivity contribution in [3.05, 3.63) is 211 Å². The van der Waals surface area contributed by atoms with Gasteiger partial charge in [-0.05, 0) is 83.9 Å². The minimum atomic E-state index is -0.345. The average Bonchev–Trinajstić information content (AvgIpc) is 3.64. The second kappa shape index (κ2) is 13.9. The maximum Gasteiger partial charge on any atom is 0.143 e. The Kier molecular flexibility index (Phi) is 8.29. The van der Waals surface area contributed by atoms with E-state index in [9.17, 15) is 0 Å². The van der Waals surface area contributed by atoms with Gasteiger partial charge in [0, 0.05) is 16.3 Å². The third-order valence-corrected chi connectivity index (χ3v) is 10.9. The zero-order chi connectivity index (χ0) is 36.7. The molecule has 3 nitrogen and oxygen atoms in total. The molecular formula is C52H38N2O. The number of hydrogen-bond acceptors (Lipinski definition) is 3. The van der Waals surface area contributed by atoms with Gasteiger partial charge in [0.15, 0.2) is 0 Å². The molecule has 10 rings (SSSR count). The van der Waals surface area contributed by atoms with Crippen molar-refractivity contribution in [3.63, 3.8) is 0 Å². The van der Waals surface area contributed by atoms with Crippen LogP contribution in [0.3, 0.4) is 0 Å². The normalized spacial score (nSPS) is 13.0. The smallest absolute Gasteiger partial charge is 0.143 e. The summed E-state index contributed by atoms with van der Waals surface area (Å²) in [4.78, 5) is 0. The number of fused-ring (bicyclic) bond motifs is 7. The summed E-state index contributed by atoms with van der Waals surface area (Å²) in [5.41, 5.74) is 16.5. The Morgan fingerprint density at radius 2 is 1.11 bits per heavy atom. The lowest BCUT2D eigenvalue weighted by Crippen LogP contribution is -2.31. The highest BCUT2D eigenvalue weighted by Gasteiger charge is 2.16. The Morgan fingerprint density at radius 3 is 1.93 bits per heavy atom. The maximum absolute atomic E-state index is 6.76. The molecule has 55 heavy (non-hydrogen) atoms. The van der Waals surface area contributed by atoms with Crippen molar-refractivity contribution in [1.82, 2.24) is 5.32 Å². The molecule has 2 unspecified atom stereocenters. The summed E-state index contributed by atoms with van der Waals surface area (Å²) in [5.74, 6) is 0. The maximum atomic E-state index is 6.76. The topological polar surface area (TPSA) is 51.2 Å². The Balaban J connectivity index is 0.960. The lowest BCUT2D eigenvalue weighted by Gasteiger charge is -2.22. The Morgan fingerprint density at radius 1 is 0.455 bits per heavy atom. The van der Waals surface area contributed by atoms with Crippen molar-refractivity contribution < 1.29 is 4.42 Å². The molecule has 9 aromatic carbocycles. The zero-order valence-electron chi connectivity index (χ0n) is 30.2. The summed E-state index contributed by atoms with van der Waals surface area (Å²) in [6.07, 6.45) is 4.05. The predicted octanol–water partition coefficient (Wildman–Crippen LogP) is 13.4. The van der Waals surface area contributed by atoms with Crippen LogP contribution in [0, 0.1) is 0 Å². The monoisotopic (exact) mass is 706 g/mol. The fraction of sp³-hybridized carbons (Fsp3) is 0.0385. The van der Waals surface area contributed by atoms with E-state index in [0.717, 1.165) is 49.8 Å². The Hall–Kier alpha value is -6.78. The first-order chi connectivity index (χ1) is 27.2. The van der Waals surface area contributed by atoms with E-state index in [0.29, 0.717) is 0 Å². The van der Waals surface area contributed by atoms with Crippen LogP contribution in [0.1, 0.15) is 28.9 Å². The lowest BCUT2D eigenvalue weighted by molar-refractivity contribution is 0.509. The average molecular weight is 707 g/mol. The molecule has 0 spiro atoms. The van der Waals surface area contributed by atoms with Crippen LogP contribution >= 0.6 is 0 Å². The highest BCUT2D eigenvalue weighted by Crippen LogP contribution is 2.37. The number of hydrogen-bond donors (Lipinski definition) is 2. The van der Waals surface area contributed by atoms with E-state index >= 15 is 0 Å². The van der Waals surface area contributed by atoms with Crippen LogP contribution in [-0.4, -0.2) is 0 Å². The molecule has 10 aromatic rings. The highest BCUT2D eigenvalue weighted by atomic mass is 16.3. The third-order valence-electron chi connectivity index (χ3n) is 10.9. The molecular weight excluding hydrogens is 669 g/mol. The molecule has 0 amide bonds. The van der Waals surface area contributed by atoms with Crippen molar-refractivity contribution in [1.29, 1.82) is 0 Å². The van der Waals surface area contributed by atoms with Crippen LogP contribution in [0.25, 0.3) is 82.6 Å². The number of rotatable bonds is 8. The molecule has 0 saturated heterocycles. The first-order valence-corrected chi connectivity index (χ1v) is 18.9. The van der Waals surface area contributed by atoms with E-state index in [1.807, 2.05) is 30.3 Å². The van der Waals surface area contributed by atoms with Gasteiger partial charge in [-0.15, -0.1) is 0 Å². The van der Waals surface area contributed by atoms with Gasteiger partial charge in [-0.2, -0.15) is 0 Å². The van der Waals surface area contributed by atoms with Crippen molar-refractivity contribution in [2.24, 2.45) is 5.73 Å². The van der Waals surface area contributed by atoms with Gasteiger partial charge in [-0.1, -0.05) is 182 Å². The SMILES string of the molecule is NC(NC(/C=C/c1ccc(-c2cccc3c2ccc2cc4ccccc4cc23)cc1)c1ccc(-c2cccc3c2oc2ccccc23)cc1)c1ccccc1. The van der Waals surface area contributed by atoms with Crippen LogP contribution in [0.5, 0.6) is 0 Å². The van der Waals surface area contributed by atoms with Crippen molar-refractivity contribution in [2.75, 3.05) is 0 Å². The molecule has 0 aliphatic carbocycles.